The van der Waals surface area contributed by atoms with Crippen LogP contribution in [0.25, 0.3) is 16.6 Å². The molecule has 186 valence electrons. The molecule has 0 atom stereocenters. The molecular weight excluding hydrogens is 449 g/mol. The highest BCUT2D eigenvalue weighted by Gasteiger charge is 2.21. The highest BCUT2D eigenvalue weighted by atomic mass is 19.1. The Balaban J connectivity index is 0.000000917. The number of anilines is 2. The lowest BCUT2D eigenvalue weighted by Gasteiger charge is -2.19. The first kappa shape index (κ1) is 24.6. The van der Waals surface area contributed by atoms with Crippen molar-refractivity contribution < 1.29 is 13.9 Å². The third kappa shape index (κ3) is 5.28. The molecule has 0 spiro atoms. The van der Waals surface area contributed by atoms with Gasteiger partial charge in [-0.1, -0.05) is 6.92 Å². The molecule has 1 aliphatic heterocycles. The highest BCUT2D eigenvalue weighted by Crippen LogP contribution is 2.31. The number of nitrogens with zero attached hydrogens (tertiary/aromatic N) is 5. The molecule has 4 heterocycles. The fourth-order valence-corrected chi connectivity index (χ4v) is 4.30. The number of rotatable bonds is 6. The fourth-order valence-electron chi connectivity index (χ4n) is 4.30. The Hall–Kier alpha value is -3.50. The average molecular weight is 482 g/mol. The highest BCUT2D eigenvalue weighted by molar-refractivity contribution is 6.13. The van der Waals surface area contributed by atoms with Gasteiger partial charge in [0.25, 0.3) is 5.91 Å². The number of halogens is 1. The van der Waals surface area contributed by atoms with Gasteiger partial charge in [0.15, 0.2) is 11.5 Å². The van der Waals surface area contributed by atoms with E-state index < -0.39 is 5.82 Å². The number of nitrogens with two attached hydrogens (primary N) is 1. The van der Waals surface area contributed by atoms with E-state index >= 15 is 0 Å². The van der Waals surface area contributed by atoms with E-state index in [4.69, 9.17) is 10.5 Å². The van der Waals surface area contributed by atoms with Crippen LogP contribution in [-0.2, 0) is 11.3 Å². The molecule has 1 amide bonds. The molecule has 4 aromatic rings. The number of aromatic nitrogens is 4. The number of aryl methyl sites for hydroxylation is 1. The zero-order chi connectivity index (χ0) is 24.9. The molecule has 0 unspecified atom stereocenters. The Labute approximate surface area is 203 Å². The van der Waals surface area contributed by atoms with E-state index in [0.717, 1.165) is 43.5 Å². The standard InChI is InChI=1S/C23H25FN6O2.C2H7N/c1-15-12-29-13-16(11-19(24)22(29)25-15)26-23(31)17-5-6-20(28-7-3-4-8-28)18-14-30(9-10-32-2)27-21(17)18;1-2-3/h5-6,11-14H,3-4,7-10H2,1-2H3,(H,26,31);2-3H2,1H3. The van der Waals surface area contributed by atoms with Crippen molar-refractivity contribution in [1.82, 2.24) is 19.2 Å². The molecular formula is C25H32FN7O2. The predicted molar refractivity (Wildman–Crippen MR) is 136 cm³/mol. The van der Waals surface area contributed by atoms with Gasteiger partial charge in [0, 0.05) is 55.9 Å². The summed E-state index contributed by atoms with van der Waals surface area (Å²) < 4.78 is 23.0. The molecule has 1 aromatic carbocycles. The van der Waals surface area contributed by atoms with Gasteiger partial charge >= 0.3 is 0 Å². The number of carbonyl (C=O) groups is 1. The zero-order valence-corrected chi connectivity index (χ0v) is 20.4. The van der Waals surface area contributed by atoms with Gasteiger partial charge in [-0.15, -0.1) is 0 Å². The number of amides is 1. The summed E-state index contributed by atoms with van der Waals surface area (Å²) in [6, 6.07) is 5.07. The lowest BCUT2D eigenvalue weighted by atomic mass is 10.1. The number of imidazole rings is 1. The number of hydrogen-bond acceptors (Lipinski definition) is 6. The van der Waals surface area contributed by atoms with Gasteiger partial charge in [-0.3, -0.25) is 9.48 Å². The Bertz CT molecular complexity index is 1320. The Morgan fingerprint density at radius 3 is 2.69 bits per heavy atom. The first-order valence-corrected chi connectivity index (χ1v) is 11.9. The SMILES string of the molecule is CCN.COCCn1cc2c(N3CCCC3)ccc(C(=O)Nc3cc(F)c4nc(C)cn4c3)c2n1. The zero-order valence-electron chi connectivity index (χ0n) is 20.4. The van der Waals surface area contributed by atoms with Crippen LogP contribution in [0.4, 0.5) is 15.8 Å². The predicted octanol–water partition coefficient (Wildman–Crippen LogP) is 3.60. The van der Waals surface area contributed by atoms with Crippen molar-refractivity contribution in [3.8, 4) is 0 Å². The molecule has 1 saturated heterocycles. The Morgan fingerprint density at radius 2 is 1.97 bits per heavy atom. The van der Waals surface area contributed by atoms with Crippen LogP contribution < -0.4 is 16.0 Å². The van der Waals surface area contributed by atoms with E-state index in [1.165, 1.54) is 6.07 Å². The summed E-state index contributed by atoms with van der Waals surface area (Å²) in [6.45, 7) is 7.55. The maximum Gasteiger partial charge on any atom is 0.257 e. The molecule has 10 heteroatoms. The Morgan fingerprint density at radius 1 is 1.23 bits per heavy atom. The van der Waals surface area contributed by atoms with Crippen molar-refractivity contribution in [1.29, 1.82) is 0 Å². The van der Waals surface area contributed by atoms with Crippen LogP contribution in [0.1, 0.15) is 35.8 Å². The monoisotopic (exact) mass is 481 g/mol. The van der Waals surface area contributed by atoms with Crippen molar-refractivity contribution in [2.24, 2.45) is 5.73 Å². The smallest absolute Gasteiger partial charge is 0.257 e. The van der Waals surface area contributed by atoms with Gasteiger partial charge in [-0.05, 0) is 38.4 Å². The van der Waals surface area contributed by atoms with E-state index in [1.54, 1.807) is 36.9 Å². The summed E-state index contributed by atoms with van der Waals surface area (Å²) in [6.07, 6.45) is 7.66. The van der Waals surface area contributed by atoms with Crippen molar-refractivity contribution in [3.63, 3.8) is 0 Å². The summed E-state index contributed by atoms with van der Waals surface area (Å²) in [5.41, 5.74) is 8.29. The fraction of sp³-hybridized carbons (Fsp3) is 0.400. The Kier molecular flexibility index (Phi) is 7.62. The van der Waals surface area contributed by atoms with Crippen LogP contribution in [0.15, 0.2) is 36.8 Å². The van der Waals surface area contributed by atoms with Gasteiger partial charge in [-0.2, -0.15) is 5.10 Å². The number of carbonyl (C=O) groups excluding carboxylic acids is 1. The van der Waals surface area contributed by atoms with Gasteiger partial charge in [0.2, 0.25) is 0 Å². The van der Waals surface area contributed by atoms with Crippen LogP contribution in [0, 0.1) is 12.7 Å². The van der Waals surface area contributed by atoms with E-state index in [-0.39, 0.29) is 11.6 Å². The minimum atomic E-state index is -0.491. The van der Waals surface area contributed by atoms with Crippen molar-refractivity contribution >= 4 is 33.8 Å². The summed E-state index contributed by atoms with van der Waals surface area (Å²) in [4.78, 5) is 19.7. The van der Waals surface area contributed by atoms with Crippen molar-refractivity contribution in [3.05, 3.63) is 53.9 Å². The number of hydrogen-bond donors (Lipinski definition) is 2. The maximum atomic E-state index is 14.4. The molecule has 0 radical (unpaired) electrons. The van der Waals surface area contributed by atoms with Gasteiger partial charge in [0.1, 0.15) is 5.52 Å². The van der Waals surface area contributed by atoms with E-state index in [9.17, 15) is 9.18 Å². The molecule has 3 aromatic heterocycles. The quantitative estimate of drug-likeness (QED) is 0.436. The second-order valence-electron chi connectivity index (χ2n) is 8.53. The molecule has 0 aliphatic carbocycles. The molecule has 1 aliphatic rings. The van der Waals surface area contributed by atoms with Crippen molar-refractivity contribution in [2.45, 2.75) is 33.2 Å². The van der Waals surface area contributed by atoms with Gasteiger partial charge < -0.3 is 25.1 Å². The third-order valence-corrected chi connectivity index (χ3v) is 5.80. The second-order valence-corrected chi connectivity index (χ2v) is 8.53. The van der Waals surface area contributed by atoms with Crippen LogP contribution >= 0.6 is 0 Å². The summed E-state index contributed by atoms with van der Waals surface area (Å²) in [5, 5.41) is 8.43. The van der Waals surface area contributed by atoms with E-state index in [0.29, 0.717) is 35.6 Å². The number of benzene rings is 1. The number of ether oxygens (including phenoxy) is 1. The van der Waals surface area contributed by atoms with Crippen LogP contribution in [0.5, 0.6) is 0 Å². The van der Waals surface area contributed by atoms with Crippen LogP contribution in [0.3, 0.4) is 0 Å². The van der Waals surface area contributed by atoms with Crippen LogP contribution in [-0.4, -0.2) is 58.4 Å². The molecule has 9 nitrogen and oxygen atoms in total. The van der Waals surface area contributed by atoms with Crippen molar-refractivity contribution in [2.75, 3.05) is 43.6 Å². The molecule has 1 fully saturated rings. The van der Waals surface area contributed by atoms with Gasteiger partial charge in [0.05, 0.1) is 30.1 Å². The minimum Gasteiger partial charge on any atom is -0.383 e. The minimum absolute atomic E-state index is 0.231. The first-order chi connectivity index (χ1) is 16.9. The molecule has 5 rings (SSSR count). The van der Waals surface area contributed by atoms with E-state index in [1.807, 2.05) is 23.9 Å². The lowest BCUT2D eigenvalue weighted by Crippen LogP contribution is -2.19. The second kappa shape index (κ2) is 10.8. The average Bonchev–Trinajstić information content (AvgIpc) is 3.57. The molecule has 3 N–H and O–H groups in total. The van der Waals surface area contributed by atoms with Crippen LogP contribution in [0.2, 0.25) is 0 Å². The molecule has 35 heavy (non-hydrogen) atoms. The normalized spacial score (nSPS) is 13.3. The number of methoxy groups -OCH3 is 1. The first-order valence-electron chi connectivity index (χ1n) is 11.9. The molecule has 0 saturated carbocycles. The summed E-state index contributed by atoms with van der Waals surface area (Å²) >= 11 is 0. The lowest BCUT2D eigenvalue weighted by molar-refractivity contribution is 0.102. The van der Waals surface area contributed by atoms with E-state index in [2.05, 4.69) is 20.3 Å². The summed E-state index contributed by atoms with van der Waals surface area (Å²) in [7, 11) is 1.65. The number of nitrogens with one attached hydrogen (secondary N) is 1. The molecule has 0 bridgehead atoms. The third-order valence-electron chi connectivity index (χ3n) is 5.80. The largest absolute Gasteiger partial charge is 0.383 e. The number of pyridine rings is 1. The topological polar surface area (TPSA) is 103 Å². The summed E-state index contributed by atoms with van der Waals surface area (Å²) in [5.74, 6) is -0.829. The maximum absolute atomic E-state index is 14.4. The van der Waals surface area contributed by atoms with Gasteiger partial charge in [-0.25, -0.2) is 9.37 Å². The number of fused-ring (bicyclic) bond motifs is 2.